The van der Waals surface area contributed by atoms with Crippen LogP contribution in [0.5, 0.6) is 0 Å². The van der Waals surface area contributed by atoms with Crippen molar-refractivity contribution >= 4 is 5.95 Å². The van der Waals surface area contributed by atoms with Crippen LogP contribution in [0, 0.1) is 18.3 Å². The zero-order chi connectivity index (χ0) is 15.4. The molecule has 0 N–H and O–H groups in total. The Hall–Kier alpha value is -2.52. The summed E-state index contributed by atoms with van der Waals surface area (Å²) in [5, 5.41) is 9.02. The number of pyridine rings is 1. The zero-order valence-electron chi connectivity index (χ0n) is 12.6. The fraction of sp³-hybridized carbons (Fsp3) is 0.375. The molecular formula is C16H18N6. The second-order valence-corrected chi connectivity index (χ2v) is 5.43. The second-order valence-electron chi connectivity index (χ2n) is 5.43. The average Bonchev–Trinajstić information content (AvgIpc) is 2.56. The number of piperazine rings is 1. The predicted molar refractivity (Wildman–Crippen MR) is 83.2 cm³/mol. The Morgan fingerprint density at radius 2 is 1.86 bits per heavy atom. The maximum absolute atomic E-state index is 9.02. The van der Waals surface area contributed by atoms with Crippen LogP contribution in [0.2, 0.25) is 0 Å². The average molecular weight is 294 g/mol. The Balaban J connectivity index is 1.62. The van der Waals surface area contributed by atoms with E-state index in [1.54, 1.807) is 6.07 Å². The van der Waals surface area contributed by atoms with Crippen LogP contribution in [0.25, 0.3) is 0 Å². The van der Waals surface area contributed by atoms with Crippen LogP contribution in [0.1, 0.15) is 17.0 Å². The Morgan fingerprint density at radius 1 is 1.14 bits per heavy atom. The van der Waals surface area contributed by atoms with E-state index in [9.17, 15) is 0 Å². The Labute approximate surface area is 130 Å². The molecule has 22 heavy (non-hydrogen) atoms. The number of nitriles is 1. The van der Waals surface area contributed by atoms with Crippen molar-refractivity contribution in [2.75, 3.05) is 31.1 Å². The molecule has 0 unspecified atom stereocenters. The summed E-state index contributed by atoms with van der Waals surface area (Å²) < 4.78 is 0. The number of aromatic nitrogens is 3. The van der Waals surface area contributed by atoms with Gasteiger partial charge in [-0.25, -0.2) is 9.97 Å². The summed E-state index contributed by atoms with van der Waals surface area (Å²) in [5.74, 6) is 0.667. The van der Waals surface area contributed by atoms with Crippen LogP contribution < -0.4 is 4.90 Å². The summed E-state index contributed by atoms with van der Waals surface area (Å²) in [6.07, 6.45) is 3.66. The largest absolute Gasteiger partial charge is 0.338 e. The molecule has 0 saturated carbocycles. The maximum atomic E-state index is 9.02. The van der Waals surface area contributed by atoms with Gasteiger partial charge in [-0.05, 0) is 30.7 Å². The fourth-order valence-electron chi connectivity index (χ4n) is 2.60. The van der Waals surface area contributed by atoms with E-state index in [0.29, 0.717) is 11.6 Å². The quantitative estimate of drug-likeness (QED) is 0.851. The van der Waals surface area contributed by atoms with Crippen molar-refractivity contribution in [3.63, 3.8) is 0 Å². The highest BCUT2D eigenvalue weighted by atomic mass is 15.3. The first kappa shape index (κ1) is 14.4. The van der Waals surface area contributed by atoms with Gasteiger partial charge in [-0.2, -0.15) is 5.26 Å². The second kappa shape index (κ2) is 6.50. The molecule has 2 aromatic rings. The number of nitrogens with zero attached hydrogens (tertiary/aromatic N) is 6. The first-order valence-electron chi connectivity index (χ1n) is 7.36. The van der Waals surface area contributed by atoms with Gasteiger partial charge in [0.1, 0.15) is 11.8 Å². The standard InChI is InChI=1S/C16H18N6/c1-13-10-15(11-17)20-16(19-13)22-8-6-21(7-9-22)12-14-2-4-18-5-3-14/h2-5,10H,6-9,12H2,1H3. The summed E-state index contributed by atoms with van der Waals surface area (Å²) >= 11 is 0. The van der Waals surface area contributed by atoms with Crippen LogP contribution in [0.3, 0.4) is 0 Å². The Bertz CT molecular complexity index is 671. The van der Waals surface area contributed by atoms with E-state index in [1.165, 1.54) is 5.56 Å². The van der Waals surface area contributed by atoms with Gasteiger partial charge in [0, 0.05) is 50.8 Å². The van der Waals surface area contributed by atoms with Gasteiger partial charge in [0.2, 0.25) is 5.95 Å². The third-order valence-corrected chi connectivity index (χ3v) is 3.77. The molecule has 1 saturated heterocycles. The molecule has 6 nitrogen and oxygen atoms in total. The first-order valence-corrected chi connectivity index (χ1v) is 7.36. The highest BCUT2D eigenvalue weighted by Crippen LogP contribution is 2.14. The smallest absolute Gasteiger partial charge is 0.226 e. The van der Waals surface area contributed by atoms with Crippen LogP contribution >= 0.6 is 0 Å². The van der Waals surface area contributed by atoms with Gasteiger partial charge in [-0.15, -0.1) is 0 Å². The van der Waals surface area contributed by atoms with Crippen molar-refractivity contribution < 1.29 is 0 Å². The molecule has 3 rings (SSSR count). The van der Waals surface area contributed by atoms with E-state index in [1.807, 2.05) is 19.3 Å². The molecule has 1 fully saturated rings. The molecule has 0 aromatic carbocycles. The van der Waals surface area contributed by atoms with Crippen molar-refractivity contribution in [1.82, 2.24) is 19.9 Å². The maximum Gasteiger partial charge on any atom is 0.226 e. The topological polar surface area (TPSA) is 68.9 Å². The van der Waals surface area contributed by atoms with Gasteiger partial charge in [0.25, 0.3) is 0 Å². The number of aryl methyl sites for hydroxylation is 1. The van der Waals surface area contributed by atoms with E-state index < -0.39 is 0 Å². The van der Waals surface area contributed by atoms with Gasteiger partial charge in [0.05, 0.1) is 0 Å². The molecule has 0 spiro atoms. The van der Waals surface area contributed by atoms with Crippen LogP contribution in [0.4, 0.5) is 5.95 Å². The van der Waals surface area contributed by atoms with E-state index in [2.05, 4.69) is 43.0 Å². The molecular weight excluding hydrogens is 276 g/mol. The molecule has 1 aliphatic rings. The SMILES string of the molecule is Cc1cc(C#N)nc(N2CCN(Cc3ccncc3)CC2)n1. The van der Waals surface area contributed by atoms with E-state index in [0.717, 1.165) is 38.4 Å². The van der Waals surface area contributed by atoms with E-state index in [-0.39, 0.29) is 0 Å². The van der Waals surface area contributed by atoms with E-state index in [4.69, 9.17) is 5.26 Å². The summed E-state index contributed by atoms with van der Waals surface area (Å²) in [4.78, 5) is 17.4. The van der Waals surface area contributed by atoms with E-state index >= 15 is 0 Å². The number of anilines is 1. The molecule has 6 heteroatoms. The lowest BCUT2D eigenvalue weighted by molar-refractivity contribution is 0.248. The van der Waals surface area contributed by atoms with Gasteiger partial charge >= 0.3 is 0 Å². The molecule has 0 atom stereocenters. The molecule has 112 valence electrons. The minimum absolute atomic E-state index is 0.432. The summed E-state index contributed by atoms with van der Waals surface area (Å²) in [6.45, 7) is 6.50. The fourth-order valence-corrected chi connectivity index (χ4v) is 2.60. The highest BCUT2D eigenvalue weighted by Gasteiger charge is 2.19. The molecule has 0 bridgehead atoms. The minimum Gasteiger partial charge on any atom is -0.338 e. The van der Waals surface area contributed by atoms with Crippen molar-refractivity contribution in [2.24, 2.45) is 0 Å². The lowest BCUT2D eigenvalue weighted by Gasteiger charge is -2.34. The van der Waals surface area contributed by atoms with Gasteiger partial charge in [-0.1, -0.05) is 0 Å². The molecule has 0 radical (unpaired) electrons. The highest BCUT2D eigenvalue weighted by molar-refractivity contribution is 5.36. The summed E-state index contributed by atoms with van der Waals surface area (Å²) in [7, 11) is 0. The Kier molecular flexibility index (Phi) is 4.26. The van der Waals surface area contributed by atoms with Crippen molar-refractivity contribution in [1.29, 1.82) is 5.26 Å². The number of hydrogen-bond donors (Lipinski definition) is 0. The van der Waals surface area contributed by atoms with Crippen LogP contribution in [-0.2, 0) is 6.54 Å². The van der Waals surface area contributed by atoms with Gasteiger partial charge < -0.3 is 4.90 Å². The van der Waals surface area contributed by atoms with Gasteiger partial charge in [0.15, 0.2) is 0 Å². The molecule has 1 aliphatic heterocycles. The summed E-state index contributed by atoms with van der Waals surface area (Å²) in [6, 6.07) is 7.91. The van der Waals surface area contributed by atoms with Crippen LogP contribution in [0.15, 0.2) is 30.6 Å². The van der Waals surface area contributed by atoms with Crippen molar-refractivity contribution in [2.45, 2.75) is 13.5 Å². The minimum atomic E-state index is 0.432. The van der Waals surface area contributed by atoms with Crippen LogP contribution in [-0.4, -0.2) is 46.0 Å². The zero-order valence-corrected chi connectivity index (χ0v) is 12.6. The molecule has 2 aromatic heterocycles. The monoisotopic (exact) mass is 294 g/mol. The predicted octanol–water partition coefficient (Wildman–Crippen LogP) is 1.37. The number of rotatable bonds is 3. The van der Waals surface area contributed by atoms with Gasteiger partial charge in [-0.3, -0.25) is 9.88 Å². The molecule has 3 heterocycles. The van der Waals surface area contributed by atoms with Crippen molar-refractivity contribution in [3.8, 4) is 6.07 Å². The molecule has 0 amide bonds. The lowest BCUT2D eigenvalue weighted by atomic mass is 10.2. The van der Waals surface area contributed by atoms with Crippen molar-refractivity contribution in [3.05, 3.63) is 47.5 Å². The number of hydrogen-bond acceptors (Lipinski definition) is 6. The molecule has 0 aliphatic carbocycles. The third kappa shape index (κ3) is 3.38. The Morgan fingerprint density at radius 3 is 2.55 bits per heavy atom. The normalized spacial score (nSPS) is 15.5. The lowest BCUT2D eigenvalue weighted by Crippen LogP contribution is -2.46. The summed E-state index contributed by atoms with van der Waals surface area (Å²) in [5.41, 5.74) is 2.55. The third-order valence-electron chi connectivity index (χ3n) is 3.77. The first-order chi connectivity index (χ1) is 10.7.